The summed E-state index contributed by atoms with van der Waals surface area (Å²) in [5.41, 5.74) is 4.27. The summed E-state index contributed by atoms with van der Waals surface area (Å²) in [5, 5.41) is 0. The van der Waals surface area contributed by atoms with Gasteiger partial charge in [0.1, 0.15) is 5.75 Å². The average Bonchev–Trinajstić information content (AvgIpc) is 2.74. The van der Waals surface area contributed by atoms with Crippen LogP contribution in [0, 0.1) is 5.92 Å². The van der Waals surface area contributed by atoms with Crippen molar-refractivity contribution in [2.75, 3.05) is 6.61 Å². The van der Waals surface area contributed by atoms with Gasteiger partial charge in [-0.2, -0.15) is 0 Å². The molecule has 20 heavy (non-hydrogen) atoms. The van der Waals surface area contributed by atoms with Crippen molar-refractivity contribution in [2.45, 2.75) is 60.3 Å². The minimum atomic E-state index is 0.678. The molecule has 1 nitrogen and oxygen atoms in total. The maximum atomic E-state index is 5.81. The van der Waals surface area contributed by atoms with Crippen LogP contribution in [-0.4, -0.2) is 6.61 Å². The quantitative estimate of drug-likeness (QED) is 0.593. The van der Waals surface area contributed by atoms with Gasteiger partial charge in [0.05, 0.1) is 6.61 Å². The SMILES string of the molecule is CC.CC.CC1C=Cc2cc3c(cc2C1)CCCCO3. The van der Waals surface area contributed by atoms with E-state index in [1.54, 1.807) is 0 Å². The molecule has 0 spiro atoms. The molecule has 0 radical (unpaired) electrons. The van der Waals surface area contributed by atoms with Gasteiger partial charge in [-0.15, -0.1) is 0 Å². The molecule has 1 heterocycles. The maximum Gasteiger partial charge on any atom is 0.123 e. The number of aryl methyl sites for hydroxylation is 1. The molecule has 1 atom stereocenters. The molecule has 3 rings (SSSR count). The first kappa shape index (κ1) is 16.8. The predicted octanol–water partition coefficient (Wildman–Crippen LogP) is 5.66. The van der Waals surface area contributed by atoms with E-state index in [9.17, 15) is 0 Å². The lowest BCUT2D eigenvalue weighted by molar-refractivity contribution is 0.316. The maximum absolute atomic E-state index is 5.81. The second kappa shape index (κ2) is 8.84. The fourth-order valence-corrected chi connectivity index (χ4v) is 2.64. The number of fused-ring (bicyclic) bond motifs is 2. The van der Waals surface area contributed by atoms with Gasteiger partial charge in [0.2, 0.25) is 0 Å². The van der Waals surface area contributed by atoms with E-state index >= 15 is 0 Å². The largest absolute Gasteiger partial charge is 0.493 e. The molecule has 1 aromatic rings. The molecule has 0 amide bonds. The standard InChI is InChI=1S/C15H18O.2C2H6/c1-11-5-6-12-10-15-13(9-14(12)8-11)4-2-3-7-16-15;2*1-2/h5-6,9-11H,2-4,7-8H2,1H3;2*1-2H3. The molecule has 0 bridgehead atoms. The average molecular weight is 274 g/mol. The highest BCUT2D eigenvalue weighted by molar-refractivity contribution is 5.61. The summed E-state index contributed by atoms with van der Waals surface area (Å²) in [7, 11) is 0. The Morgan fingerprint density at radius 1 is 1.00 bits per heavy atom. The Bertz CT molecular complexity index is 432. The summed E-state index contributed by atoms with van der Waals surface area (Å²) in [6.07, 6.45) is 9.35. The van der Waals surface area contributed by atoms with Crippen molar-refractivity contribution in [3.05, 3.63) is 34.9 Å². The van der Waals surface area contributed by atoms with Crippen molar-refractivity contribution in [1.82, 2.24) is 0 Å². The van der Waals surface area contributed by atoms with Crippen LogP contribution >= 0.6 is 0 Å². The Labute approximate surface area is 125 Å². The lowest BCUT2D eigenvalue weighted by atomic mass is 9.88. The van der Waals surface area contributed by atoms with Gasteiger partial charge in [-0.1, -0.05) is 52.8 Å². The van der Waals surface area contributed by atoms with Crippen LogP contribution in [-0.2, 0) is 12.8 Å². The third-order valence-corrected chi connectivity index (χ3v) is 3.57. The summed E-state index contributed by atoms with van der Waals surface area (Å²) in [5.74, 6) is 1.80. The minimum Gasteiger partial charge on any atom is -0.493 e. The molecule has 0 aromatic heterocycles. The zero-order chi connectivity index (χ0) is 15.0. The van der Waals surface area contributed by atoms with Crippen molar-refractivity contribution in [2.24, 2.45) is 5.92 Å². The van der Waals surface area contributed by atoms with Crippen molar-refractivity contribution >= 4 is 6.08 Å². The second-order valence-electron chi connectivity index (χ2n) is 5.00. The molecule has 112 valence electrons. The summed E-state index contributed by atoms with van der Waals surface area (Å²) < 4.78 is 5.81. The number of allylic oxidation sites excluding steroid dienone is 1. The number of hydrogen-bond donors (Lipinski definition) is 0. The van der Waals surface area contributed by atoms with Gasteiger partial charge < -0.3 is 4.74 Å². The van der Waals surface area contributed by atoms with E-state index in [2.05, 4.69) is 31.2 Å². The van der Waals surface area contributed by atoms with Crippen LogP contribution in [0.5, 0.6) is 5.75 Å². The lowest BCUT2D eigenvalue weighted by Crippen LogP contribution is -2.05. The van der Waals surface area contributed by atoms with E-state index in [0.29, 0.717) is 5.92 Å². The zero-order valence-corrected chi connectivity index (χ0v) is 13.8. The van der Waals surface area contributed by atoms with E-state index in [1.807, 2.05) is 27.7 Å². The molecule has 1 unspecified atom stereocenters. The molecule has 1 aliphatic carbocycles. The second-order valence-corrected chi connectivity index (χ2v) is 5.00. The molecule has 1 heteroatoms. The number of rotatable bonds is 0. The van der Waals surface area contributed by atoms with Gasteiger partial charge in [0.25, 0.3) is 0 Å². The third-order valence-electron chi connectivity index (χ3n) is 3.57. The van der Waals surface area contributed by atoms with Crippen LogP contribution in [0.2, 0.25) is 0 Å². The fourth-order valence-electron chi connectivity index (χ4n) is 2.64. The Morgan fingerprint density at radius 2 is 1.75 bits per heavy atom. The first-order valence-corrected chi connectivity index (χ1v) is 8.30. The van der Waals surface area contributed by atoms with E-state index < -0.39 is 0 Å². The highest BCUT2D eigenvalue weighted by Crippen LogP contribution is 2.32. The van der Waals surface area contributed by atoms with Gasteiger partial charge in [0, 0.05) is 0 Å². The van der Waals surface area contributed by atoms with E-state index in [4.69, 9.17) is 4.74 Å². The molecular formula is C19H30O. The predicted molar refractivity (Wildman–Crippen MR) is 89.5 cm³/mol. The summed E-state index contributed by atoms with van der Waals surface area (Å²) >= 11 is 0. The number of hydrogen-bond acceptors (Lipinski definition) is 1. The van der Waals surface area contributed by atoms with Crippen LogP contribution in [0.15, 0.2) is 18.2 Å². The van der Waals surface area contributed by atoms with Crippen molar-refractivity contribution < 1.29 is 4.74 Å². The summed E-state index contributed by atoms with van der Waals surface area (Å²) in [6.45, 7) is 11.2. The van der Waals surface area contributed by atoms with Gasteiger partial charge >= 0.3 is 0 Å². The molecule has 0 saturated carbocycles. The third kappa shape index (κ3) is 4.13. The molecule has 0 saturated heterocycles. The number of ether oxygens (including phenoxy) is 1. The fraction of sp³-hybridized carbons (Fsp3) is 0.579. The highest BCUT2D eigenvalue weighted by Gasteiger charge is 2.15. The van der Waals surface area contributed by atoms with Gasteiger partial charge in [-0.05, 0) is 54.4 Å². The van der Waals surface area contributed by atoms with Crippen molar-refractivity contribution in [3.63, 3.8) is 0 Å². The Kier molecular flexibility index (Phi) is 7.43. The van der Waals surface area contributed by atoms with Gasteiger partial charge in [-0.25, -0.2) is 0 Å². The smallest absolute Gasteiger partial charge is 0.123 e. The Balaban J connectivity index is 0.000000461. The first-order chi connectivity index (χ1) is 9.83. The minimum absolute atomic E-state index is 0.678. The van der Waals surface area contributed by atoms with Crippen molar-refractivity contribution in [3.8, 4) is 5.75 Å². The Morgan fingerprint density at radius 3 is 2.50 bits per heavy atom. The first-order valence-electron chi connectivity index (χ1n) is 8.30. The molecule has 0 N–H and O–H groups in total. The normalized spacial score (nSPS) is 18.9. The molecular weight excluding hydrogens is 244 g/mol. The van der Waals surface area contributed by atoms with Crippen LogP contribution in [0.3, 0.4) is 0 Å². The lowest BCUT2D eigenvalue weighted by Gasteiger charge is -2.18. The van der Waals surface area contributed by atoms with Crippen LogP contribution in [0.25, 0.3) is 6.08 Å². The van der Waals surface area contributed by atoms with Crippen LogP contribution in [0.4, 0.5) is 0 Å². The Hall–Kier alpha value is -1.24. The molecule has 1 aliphatic heterocycles. The van der Waals surface area contributed by atoms with E-state index in [1.165, 1.54) is 42.4 Å². The highest BCUT2D eigenvalue weighted by atomic mass is 16.5. The van der Waals surface area contributed by atoms with E-state index in [0.717, 1.165) is 12.4 Å². The summed E-state index contributed by atoms with van der Waals surface area (Å²) in [4.78, 5) is 0. The molecule has 2 aliphatic rings. The van der Waals surface area contributed by atoms with Gasteiger partial charge in [-0.3, -0.25) is 0 Å². The molecule has 1 aromatic carbocycles. The topological polar surface area (TPSA) is 9.23 Å². The monoisotopic (exact) mass is 274 g/mol. The van der Waals surface area contributed by atoms with Gasteiger partial charge in [0.15, 0.2) is 0 Å². The van der Waals surface area contributed by atoms with Crippen LogP contribution < -0.4 is 4.74 Å². The number of benzene rings is 1. The van der Waals surface area contributed by atoms with Crippen molar-refractivity contribution in [1.29, 1.82) is 0 Å². The molecule has 0 fully saturated rings. The summed E-state index contributed by atoms with van der Waals surface area (Å²) in [6, 6.07) is 4.61. The zero-order valence-electron chi connectivity index (χ0n) is 13.8. The van der Waals surface area contributed by atoms with Crippen LogP contribution in [0.1, 0.15) is 64.2 Å². The van der Waals surface area contributed by atoms with E-state index in [-0.39, 0.29) is 0 Å².